The maximum atomic E-state index is 14.0. The van der Waals surface area contributed by atoms with Gasteiger partial charge in [-0.3, -0.25) is 14.2 Å². The Labute approximate surface area is 268 Å². The molecule has 0 bridgehead atoms. The van der Waals surface area contributed by atoms with Crippen molar-refractivity contribution in [3.05, 3.63) is 45.9 Å². The number of aliphatic carboxylic acids is 1. The van der Waals surface area contributed by atoms with E-state index in [9.17, 15) is 22.8 Å². The van der Waals surface area contributed by atoms with Crippen LogP contribution < -0.4 is 9.47 Å². The Morgan fingerprint density at radius 3 is 2.33 bits per heavy atom. The summed E-state index contributed by atoms with van der Waals surface area (Å²) in [4.78, 5) is 44.7. The fraction of sp³-hybridized carbons (Fsp3) is 0.500. The van der Waals surface area contributed by atoms with Crippen molar-refractivity contribution in [2.45, 2.75) is 64.7 Å². The number of rotatable bonds is 6. The van der Waals surface area contributed by atoms with Crippen molar-refractivity contribution in [3.8, 4) is 28.6 Å². The Morgan fingerprint density at radius 2 is 1.74 bits per heavy atom. The van der Waals surface area contributed by atoms with Crippen LogP contribution in [-0.2, 0) is 22.4 Å². The first-order chi connectivity index (χ1) is 21.9. The second-order valence-electron chi connectivity index (χ2n) is 11.8. The largest absolute Gasteiger partial charge is 0.493 e. The number of carbonyl (C=O) groups excluding carboxylic acids is 2. The van der Waals surface area contributed by atoms with Gasteiger partial charge in [0.05, 0.1) is 24.6 Å². The lowest BCUT2D eigenvalue weighted by Crippen LogP contribution is -2.45. The SMILES string of the molecule is COc1cc2c(cc1OC(C)C)-n1c(-c3ccsc3)nc(C(=O)N3CCCC(C(=O)N4CCC4)CC3)c1CC2.O=C(O)C(F)(F)F. The number of hydrogen-bond acceptors (Lipinski definition) is 7. The van der Waals surface area contributed by atoms with E-state index in [4.69, 9.17) is 24.4 Å². The number of halogens is 3. The number of methoxy groups -OCH3 is 1. The molecule has 3 aromatic rings. The summed E-state index contributed by atoms with van der Waals surface area (Å²) in [6, 6.07) is 6.13. The molecule has 6 rings (SSSR count). The highest BCUT2D eigenvalue weighted by Crippen LogP contribution is 2.40. The van der Waals surface area contributed by atoms with Gasteiger partial charge >= 0.3 is 12.1 Å². The summed E-state index contributed by atoms with van der Waals surface area (Å²) >= 11 is 1.62. The lowest BCUT2D eigenvalue weighted by molar-refractivity contribution is -0.192. The molecule has 1 unspecified atom stereocenters. The minimum atomic E-state index is -5.08. The van der Waals surface area contributed by atoms with Crippen LogP contribution in [0.5, 0.6) is 11.5 Å². The van der Waals surface area contributed by atoms with E-state index in [1.165, 1.54) is 0 Å². The van der Waals surface area contributed by atoms with Crippen molar-refractivity contribution in [2.24, 2.45) is 5.92 Å². The van der Waals surface area contributed by atoms with Crippen LogP contribution in [0.25, 0.3) is 17.1 Å². The minimum Gasteiger partial charge on any atom is -0.493 e. The van der Waals surface area contributed by atoms with Gasteiger partial charge in [-0.2, -0.15) is 24.5 Å². The van der Waals surface area contributed by atoms with E-state index in [1.807, 2.05) is 35.1 Å². The molecule has 2 fully saturated rings. The van der Waals surface area contributed by atoms with E-state index in [2.05, 4.69) is 22.1 Å². The van der Waals surface area contributed by atoms with Crippen molar-refractivity contribution in [1.29, 1.82) is 0 Å². The molecule has 0 spiro atoms. The summed E-state index contributed by atoms with van der Waals surface area (Å²) in [7, 11) is 1.66. The van der Waals surface area contributed by atoms with Crippen LogP contribution in [-0.4, -0.2) is 87.8 Å². The number of carbonyl (C=O) groups is 3. The van der Waals surface area contributed by atoms with Crippen LogP contribution >= 0.6 is 11.3 Å². The molecular formula is C32H37F3N4O6S. The Morgan fingerprint density at radius 1 is 1.02 bits per heavy atom. The molecule has 0 radical (unpaired) electrons. The average molecular weight is 663 g/mol. The number of likely N-dealkylation sites (tertiary alicyclic amines) is 2. The first-order valence-corrected chi connectivity index (χ1v) is 16.2. The van der Waals surface area contributed by atoms with Crippen molar-refractivity contribution < 1.29 is 42.1 Å². The molecule has 3 aliphatic heterocycles. The summed E-state index contributed by atoms with van der Waals surface area (Å²) in [5, 5.41) is 11.2. The van der Waals surface area contributed by atoms with Crippen LogP contribution in [0.1, 0.15) is 61.3 Å². The van der Waals surface area contributed by atoms with Crippen LogP contribution in [0.4, 0.5) is 13.2 Å². The fourth-order valence-corrected chi connectivity index (χ4v) is 6.58. The van der Waals surface area contributed by atoms with Gasteiger partial charge in [-0.25, -0.2) is 9.78 Å². The van der Waals surface area contributed by atoms with Gasteiger partial charge in [-0.1, -0.05) is 0 Å². The molecule has 248 valence electrons. The Bertz CT molecular complexity index is 1580. The number of carboxylic acids is 1. The topological polar surface area (TPSA) is 114 Å². The third-order valence-corrected chi connectivity index (χ3v) is 9.01. The third-order valence-electron chi connectivity index (χ3n) is 8.33. The Balaban J connectivity index is 0.000000537. The number of thiophene rings is 1. The molecule has 3 aliphatic rings. The normalized spacial score (nSPS) is 17.6. The second-order valence-corrected chi connectivity index (χ2v) is 12.6. The van der Waals surface area contributed by atoms with Gasteiger partial charge in [-0.05, 0) is 75.4 Å². The summed E-state index contributed by atoms with van der Waals surface area (Å²) in [5.74, 6) is -0.339. The lowest BCUT2D eigenvalue weighted by Gasteiger charge is -2.34. The number of imidazole rings is 1. The van der Waals surface area contributed by atoms with E-state index in [1.54, 1.807) is 18.4 Å². The van der Waals surface area contributed by atoms with Crippen molar-refractivity contribution in [2.75, 3.05) is 33.3 Å². The highest BCUT2D eigenvalue weighted by atomic mass is 32.1. The van der Waals surface area contributed by atoms with Crippen LogP contribution in [0, 0.1) is 5.92 Å². The molecule has 1 N–H and O–H groups in total. The predicted octanol–water partition coefficient (Wildman–Crippen LogP) is 5.60. The summed E-state index contributed by atoms with van der Waals surface area (Å²) in [5.41, 5.74) is 4.58. The highest BCUT2D eigenvalue weighted by Gasteiger charge is 2.38. The van der Waals surface area contributed by atoms with E-state index in [-0.39, 0.29) is 23.8 Å². The number of aromatic nitrogens is 2. The van der Waals surface area contributed by atoms with Gasteiger partial charge in [0.2, 0.25) is 5.91 Å². The zero-order valence-electron chi connectivity index (χ0n) is 25.9. The summed E-state index contributed by atoms with van der Waals surface area (Å²) < 4.78 is 45.6. The highest BCUT2D eigenvalue weighted by molar-refractivity contribution is 7.08. The van der Waals surface area contributed by atoms with Crippen molar-refractivity contribution in [3.63, 3.8) is 0 Å². The fourth-order valence-electron chi connectivity index (χ4n) is 5.95. The Kier molecular flexibility index (Phi) is 9.94. The first-order valence-electron chi connectivity index (χ1n) is 15.3. The molecule has 1 aromatic carbocycles. The van der Waals surface area contributed by atoms with E-state index < -0.39 is 12.1 Å². The molecule has 10 nitrogen and oxygen atoms in total. The molecule has 5 heterocycles. The summed E-state index contributed by atoms with van der Waals surface area (Å²) in [6.07, 6.45) is -0.0977. The van der Waals surface area contributed by atoms with Crippen LogP contribution in [0.2, 0.25) is 0 Å². The number of carboxylic acid groups (broad SMARTS) is 1. The van der Waals surface area contributed by atoms with Gasteiger partial charge in [0.25, 0.3) is 5.91 Å². The molecule has 1 atom stereocenters. The maximum Gasteiger partial charge on any atom is 0.490 e. The lowest BCUT2D eigenvalue weighted by atomic mass is 9.97. The number of ether oxygens (including phenoxy) is 2. The van der Waals surface area contributed by atoms with Crippen LogP contribution in [0.15, 0.2) is 29.0 Å². The van der Waals surface area contributed by atoms with E-state index >= 15 is 0 Å². The molecule has 0 saturated carbocycles. The zero-order valence-corrected chi connectivity index (χ0v) is 26.7. The molecule has 2 saturated heterocycles. The van der Waals surface area contributed by atoms with Crippen LogP contribution in [0.3, 0.4) is 0 Å². The summed E-state index contributed by atoms with van der Waals surface area (Å²) in [6.45, 7) is 6.99. The van der Waals surface area contributed by atoms with Crippen molar-refractivity contribution in [1.82, 2.24) is 19.4 Å². The smallest absolute Gasteiger partial charge is 0.490 e. The molecule has 2 amide bonds. The number of hydrogen-bond donors (Lipinski definition) is 1. The van der Waals surface area contributed by atoms with Crippen molar-refractivity contribution >= 4 is 29.1 Å². The first kappa shape index (κ1) is 33.3. The third kappa shape index (κ3) is 7.01. The van der Waals surface area contributed by atoms with Gasteiger partial charge in [0.15, 0.2) is 17.2 Å². The molecule has 2 aromatic heterocycles. The zero-order chi connectivity index (χ0) is 33.2. The van der Waals surface area contributed by atoms with Gasteiger partial charge in [0.1, 0.15) is 5.82 Å². The van der Waals surface area contributed by atoms with E-state index in [0.29, 0.717) is 43.1 Å². The van der Waals surface area contributed by atoms with E-state index in [0.717, 1.165) is 67.1 Å². The molecule has 46 heavy (non-hydrogen) atoms. The van der Waals surface area contributed by atoms with Gasteiger partial charge < -0.3 is 24.4 Å². The number of nitrogens with zero attached hydrogens (tertiary/aromatic N) is 4. The molecular weight excluding hydrogens is 625 g/mol. The Hall–Kier alpha value is -4.07. The number of fused-ring (bicyclic) bond motifs is 3. The van der Waals surface area contributed by atoms with Gasteiger partial charge in [-0.15, -0.1) is 0 Å². The molecule has 14 heteroatoms. The van der Waals surface area contributed by atoms with Gasteiger partial charge in [0, 0.05) is 49.1 Å². The standard InChI is InChI=1S/C30H36N4O4S.C2HF3O2/c1-19(2)38-26-17-24-21(16-25(26)37-3)7-8-23-27(31-28(34(23)24)22-10-15-39-18-22)30(36)33-11-4-6-20(9-14-33)29(35)32-12-5-13-32;3-2(4,5)1(6)7/h10,15-20H,4-9,11-14H2,1-3H3;(H,6,7). The predicted molar refractivity (Wildman–Crippen MR) is 165 cm³/mol. The number of amides is 2. The second kappa shape index (κ2) is 13.7. The number of alkyl halides is 3. The average Bonchev–Trinajstić information content (AvgIpc) is 3.57. The minimum absolute atomic E-state index is 0.00360. The quantitative estimate of drug-likeness (QED) is 0.366. The monoisotopic (exact) mass is 662 g/mol. The number of aryl methyl sites for hydroxylation is 1. The maximum absolute atomic E-state index is 14.0. The molecule has 0 aliphatic carbocycles. The number of benzene rings is 1.